The van der Waals surface area contributed by atoms with E-state index in [4.69, 9.17) is 9.47 Å². The summed E-state index contributed by atoms with van der Waals surface area (Å²) in [4.78, 5) is 43.2. The number of aromatic nitrogens is 2. The Kier molecular flexibility index (Phi) is 5.37. The quantitative estimate of drug-likeness (QED) is 0.417. The van der Waals surface area contributed by atoms with Crippen molar-refractivity contribution >= 4 is 28.8 Å². The van der Waals surface area contributed by atoms with Crippen molar-refractivity contribution in [3.8, 4) is 0 Å². The molecule has 2 amide bonds. The molecule has 0 unspecified atom stereocenters. The number of hydrogen-bond acceptors (Lipinski definition) is 6. The molecule has 2 aliphatic rings. The van der Waals surface area contributed by atoms with Crippen molar-refractivity contribution in [2.45, 2.75) is 32.1 Å². The molecule has 1 fully saturated rings. The number of alkyl halides is 2. The Balaban J connectivity index is 1.33. The van der Waals surface area contributed by atoms with Crippen LogP contribution in [0.5, 0.6) is 0 Å². The highest BCUT2D eigenvalue weighted by Crippen LogP contribution is 2.27. The predicted octanol–water partition coefficient (Wildman–Crippen LogP) is 3.56. The molecule has 5 rings (SSSR count). The van der Waals surface area contributed by atoms with Gasteiger partial charge in [-0.25, -0.2) is 9.78 Å². The average molecular weight is 455 g/mol. The molecule has 0 N–H and O–H groups in total. The monoisotopic (exact) mass is 455 g/mol. The number of imidazole rings is 1. The zero-order valence-corrected chi connectivity index (χ0v) is 17.4. The molecule has 170 valence electrons. The minimum absolute atomic E-state index is 0.0357. The number of hydrogen-bond donors (Lipinski definition) is 0. The van der Waals surface area contributed by atoms with Crippen molar-refractivity contribution < 1.29 is 32.6 Å². The Bertz CT molecular complexity index is 1270. The van der Waals surface area contributed by atoms with Gasteiger partial charge >= 0.3 is 12.5 Å². The van der Waals surface area contributed by atoms with Gasteiger partial charge in [0.15, 0.2) is 5.82 Å². The molecule has 1 saturated heterocycles. The molecule has 0 saturated carbocycles. The maximum Gasteiger partial charge on any atom is 0.338 e. The Morgan fingerprint density at radius 3 is 2.70 bits per heavy atom. The van der Waals surface area contributed by atoms with E-state index in [-0.39, 0.29) is 40.7 Å². The first-order chi connectivity index (χ1) is 15.9. The third-order valence-electron chi connectivity index (χ3n) is 5.81. The van der Waals surface area contributed by atoms with Gasteiger partial charge in [0.05, 0.1) is 40.4 Å². The van der Waals surface area contributed by atoms with Gasteiger partial charge in [-0.15, -0.1) is 0 Å². The highest BCUT2D eigenvalue weighted by Gasteiger charge is 2.38. The molecule has 3 heterocycles. The molecule has 0 spiro atoms. The van der Waals surface area contributed by atoms with Crippen LogP contribution >= 0.6 is 0 Å². The van der Waals surface area contributed by atoms with Crippen LogP contribution in [-0.4, -0.2) is 51.5 Å². The SMILES string of the molecule is O=C(OCc1nc2ccccc2n1C(F)F)c1ccc2c(c1)C(=O)N(C[C@H]1CCCO1)C2=O. The number of imide groups is 1. The fourth-order valence-electron chi connectivity index (χ4n) is 4.20. The van der Waals surface area contributed by atoms with E-state index in [9.17, 15) is 23.2 Å². The average Bonchev–Trinajstić information content (AvgIpc) is 3.51. The van der Waals surface area contributed by atoms with E-state index < -0.39 is 30.9 Å². The lowest BCUT2D eigenvalue weighted by molar-refractivity contribution is 0.0387. The number of fused-ring (bicyclic) bond motifs is 2. The smallest absolute Gasteiger partial charge is 0.338 e. The third kappa shape index (κ3) is 3.76. The van der Waals surface area contributed by atoms with E-state index in [1.54, 1.807) is 18.2 Å². The summed E-state index contributed by atoms with van der Waals surface area (Å²) in [6.07, 6.45) is 1.46. The first kappa shape index (κ1) is 21.2. The maximum absolute atomic E-state index is 13.5. The number of esters is 1. The lowest BCUT2D eigenvalue weighted by atomic mass is 10.1. The van der Waals surface area contributed by atoms with Crippen molar-refractivity contribution in [2.75, 3.05) is 13.2 Å². The number of rotatable bonds is 6. The molecule has 2 aliphatic heterocycles. The van der Waals surface area contributed by atoms with Gasteiger partial charge in [-0.05, 0) is 43.2 Å². The molecule has 3 aromatic rings. The topological polar surface area (TPSA) is 90.7 Å². The number of benzene rings is 2. The van der Waals surface area contributed by atoms with E-state index in [1.165, 1.54) is 24.3 Å². The molecule has 0 aliphatic carbocycles. The normalized spacial score (nSPS) is 17.9. The van der Waals surface area contributed by atoms with Crippen molar-refractivity contribution in [3.63, 3.8) is 0 Å². The highest BCUT2D eigenvalue weighted by molar-refractivity contribution is 6.22. The van der Waals surface area contributed by atoms with Gasteiger partial charge in [-0.1, -0.05) is 12.1 Å². The fraction of sp³-hybridized carbons (Fsp3) is 0.304. The van der Waals surface area contributed by atoms with Crippen LogP contribution in [0.15, 0.2) is 42.5 Å². The Hall–Kier alpha value is -3.66. The fourth-order valence-corrected chi connectivity index (χ4v) is 4.20. The van der Waals surface area contributed by atoms with Crippen LogP contribution < -0.4 is 0 Å². The second-order valence-corrected chi connectivity index (χ2v) is 7.86. The molecule has 1 atom stereocenters. The first-order valence-electron chi connectivity index (χ1n) is 10.5. The minimum atomic E-state index is -2.86. The summed E-state index contributed by atoms with van der Waals surface area (Å²) in [7, 11) is 0. The lowest BCUT2D eigenvalue weighted by Gasteiger charge is -2.17. The molecule has 2 aromatic carbocycles. The van der Waals surface area contributed by atoms with E-state index >= 15 is 0 Å². The predicted molar refractivity (Wildman–Crippen MR) is 111 cm³/mol. The number of ether oxygens (including phenoxy) is 2. The molecule has 33 heavy (non-hydrogen) atoms. The van der Waals surface area contributed by atoms with Gasteiger partial charge in [0, 0.05) is 6.61 Å². The number of nitrogens with zero attached hydrogens (tertiary/aromatic N) is 3. The van der Waals surface area contributed by atoms with E-state index in [1.807, 2.05) is 0 Å². The third-order valence-corrected chi connectivity index (χ3v) is 5.81. The summed E-state index contributed by atoms with van der Waals surface area (Å²) in [5, 5.41) is 0. The van der Waals surface area contributed by atoms with E-state index in [0.29, 0.717) is 16.7 Å². The summed E-state index contributed by atoms with van der Waals surface area (Å²) in [5.41, 5.74) is 0.929. The van der Waals surface area contributed by atoms with Crippen LogP contribution in [-0.2, 0) is 16.1 Å². The summed E-state index contributed by atoms with van der Waals surface area (Å²) >= 11 is 0. The summed E-state index contributed by atoms with van der Waals surface area (Å²) < 4.78 is 38.5. The van der Waals surface area contributed by atoms with Crippen molar-refractivity contribution in [1.82, 2.24) is 14.5 Å². The number of carbonyl (C=O) groups is 3. The summed E-state index contributed by atoms with van der Waals surface area (Å²) in [6, 6.07) is 10.4. The van der Waals surface area contributed by atoms with Gasteiger partial charge in [0.25, 0.3) is 11.8 Å². The largest absolute Gasteiger partial charge is 0.454 e. The second-order valence-electron chi connectivity index (χ2n) is 7.86. The molecule has 10 heteroatoms. The van der Waals surface area contributed by atoms with Crippen molar-refractivity contribution in [1.29, 1.82) is 0 Å². The zero-order valence-electron chi connectivity index (χ0n) is 17.4. The van der Waals surface area contributed by atoms with Gasteiger partial charge in [-0.2, -0.15) is 8.78 Å². The van der Waals surface area contributed by atoms with Crippen LogP contribution in [0.3, 0.4) is 0 Å². The number of amides is 2. The van der Waals surface area contributed by atoms with Crippen LogP contribution in [0, 0.1) is 0 Å². The second kappa shape index (κ2) is 8.36. The molecule has 8 nitrogen and oxygen atoms in total. The van der Waals surface area contributed by atoms with Gasteiger partial charge in [0.1, 0.15) is 6.61 Å². The van der Waals surface area contributed by atoms with Crippen molar-refractivity contribution in [2.24, 2.45) is 0 Å². The van der Waals surface area contributed by atoms with Crippen LogP contribution in [0.4, 0.5) is 8.78 Å². The summed E-state index contributed by atoms with van der Waals surface area (Å²) in [5.74, 6) is -1.85. The standard InChI is InChI=1S/C23H19F2N3O5/c24-23(25)28-18-6-2-1-5-17(18)26-19(28)12-33-22(31)13-7-8-15-16(10-13)21(30)27(20(15)29)11-14-4-3-9-32-14/h1-2,5-8,10,14,23H,3-4,9,11-12H2/t14-/m1/s1. The molecular formula is C23H19F2N3O5. The minimum Gasteiger partial charge on any atom is -0.454 e. The van der Waals surface area contributed by atoms with Crippen LogP contribution in [0.1, 0.15) is 56.3 Å². The summed E-state index contributed by atoms with van der Waals surface area (Å²) in [6.45, 7) is -2.57. The Labute approximate surface area is 186 Å². The van der Waals surface area contributed by atoms with Gasteiger partial charge < -0.3 is 9.47 Å². The molecular weight excluding hydrogens is 436 g/mol. The van der Waals surface area contributed by atoms with Crippen LogP contribution in [0.25, 0.3) is 11.0 Å². The Morgan fingerprint density at radius 1 is 1.15 bits per heavy atom. The lowest BCUT2D eigenvalue weighted by Crippen LogP contribution is -2.36. The van der Waals surface area contributed by atoms with Crippen molar-refractivity contribution in [3.05, 3.63) is 65.0 Å². The highest BCUT2D eigenvalue weighted by atomic mass is 19.3. The first-order valence-corrected chi connectivity index (χ1v) is 10.5. The Morgan fingerprint density at radius 2 is 1.94 bits per heavy atom. The van der Waals surface area contributed by atoms with E-state index in [0.717, 1.165) is 17.7 Å². The maximum atomic E-state index is 13.5. The molecule has 0 radical (unpaired) electrons. The van der Waals surface area contributed by atoms with Crippen LogP contribution in [0.2, 0.25) is 0 Å². The van der Waals surface area contributed by atoms with E-state index in [2.05, 4.69) is 4.98 Å². The number of para-hydroxylation sites is 2. The molecule has 0 bridgehead atoms. The van der Waals surface area contributed by atoms with Gasteiger partial charge in [0.2, 0.25) is 0 Å². The zero-order chi connectivity index (χ0) is 23.1. The number of carbonyl (C=O) groups excluding carboxylic acids is 3. The molecule has 1 aromatic heterocycles. The number of halogens is 2. The van der Waals surface area contributed by atoms with Gasteiger partial charge in [-0.3, -0.25) is 19.1 Å².